The summed E-state index contributed by atoms with van der Waals surface area (Å²) >= 11 is 0. The topological polar surface area (TPSA) is 601 Å². The molecule has 4 unspecified atom stereocenters. The first kappa shape index (κ1) is 93.1. The summed E-state index contributed by atoms with van der Waals surface area (Å²) < 4.78 is 98.1. The maximum absolute atomic E-state index is 12.3. The third-order valence-corrected chi connectivity index (χ3v) is 12.8. The second-order valence-electron chi connectivity index (χ2n) is 21.3. The molecule has 582 valence electrons. The molecule has 0 aromatic heterocycles. The highest BCUT2D eigenvalue weighted by Gasteiger charge is 2.30. The third-order valence-electron chi connectivity index (χ3n) is 12.8. The van der Waals surface area contributed by atoms with Crippen molar-refractivity contribution in [3.05, 3.63) is 0 Å². The molecular weight excluding hydrogens is 1390 g/mol. The van der Waals surface area contributed by atoms with Crippen molar-refractivity contribution < 1.29 is 203 Å². The molecule has 4 atom stereocenters. The number of carboxylic acid groups (broad SMARTS) is 8. The molecule has 0 aliphatic carbocycles. The van der Waals surface area contributed by atoms with Crippen molar-refractivity contribution in [1.82, 2.24) is 0 Å². The maximum Gasteiger partial charge on any atom is 0.320 e. The number of carboxylic acids is 8. The highest BCUT2D eigenvalue weighted by molar-refractivity contribution is 5.95. The molecule has 0 rings (SSSR count). The van der Waals surface area contributed by atoms with Gasteiger partial charge in [0.05, 0.1) is 144 Å². The van der Waals surface area contributed by atoms with Crippen molar-refractivity contribution in [1.29, 1.82) is 0 Å². The van der Waals surface area contributed by atoms with Crippen LogP contribution in [0.25, 0.3) is 0 Å². The number of aliphatic carboxylic acids is 8. The predicted octanol–water partition coefficient (Wildman–Crippen LogP) is -1.95. The molecule has 0 bridgehead atoms. The fraction of sp³-hybridized carbons (Fsp3) is 0.733. The lowest BCUT2D eigenvalue weighted by atomic mass is 10.2. The van der Waals surface area contributed by atoms with Gasteiger partial charge in [-0.3, -0.25) is 76.7 Å². The van der Waals surface area contributed by atoms with Crippen molar-refractivity contribution in [2.45, 2.75) is 116 Å². The Kier molecular flexibility index (Phi) is 50.9. The van der Waals surface area contributed by atoms with Crippen LogP contribution in [0.15, 0.2) is 0 Å². The number of esters is 8. The third kappa shape index (κ3) is 49.6. The lowest BCUT2D eigenvalue weighted by molar-refractivity contribution is -0.168. The summed E-state index contributed by atoms with van der Waals surface area (Å²) in [7, 11) is 0. The molecule has 42 heteroatoms. The Bertz CT molecular complexity index is 2320. The van der Waals surface area contributed by atoms with E-state index in [1.54, 1.807) is 0 Å². The fourth-order valence-corrected chi connectivity index (χ4v) is 6.72. The Balaban J connectivity index is 6.68. The maximum atomic E-state index is 12.3. The van der Waals surface area contributed by atoms with Crippen LogP contribution in [-0.4, -0.2) is 318 Å². The zero-order valence-corrected chi connectivity index (χ0v) is 56.4. The lowest BCUT2D eigenvalue weighted by Gasteiger charge is -2.22. The molecule has 0 aromatic carbocycles. The fourth-order valence-electron chi connectivity index (χ4n) is 6.72. The van der Waals surface area contributed by atoms with Crippen LogP contribution in [0.1, 0.15) is 79.1 Å². The van der Waals surface area contributed by atoms with Crippen LogP contribution in [0, 0.1) is 23.7 Å². The summed E-state index contributed by atoms with van der Waals surface area (Å²) in [6.45, 7) is -4.65. The Morgan fingerprint density at radius 2 is 0.373 bits per heavy atom. The lowest BCUT2D eigenvalue weighted by Crippen LogP contribution is -2.34. The first-order valence-electron chi connectivity index (χ1n) is 31.3. The zero-order chi connectivity index (χ0) is 77.0. The summed E-state index contributed by atoms with van der Waals surface area (Å²) in [6, 6.07) is 0. The van der Waals surface area contributed by atoms with Gasteiger partial charge in [0.1, 0.15) is 89.5 Å². The standard InChI is InChI=1S/C60H90O42/c1-35(53(73)74)57(81)99-31-43(32-100-58(82)36(2)54(75)76)91-19-15-87-25-40(26-88-16-20-92-44(33-101-59(83)37(3)55(77)78)34-102-60(84)38(4)56(79)80)94-22-21-93-39(23-85-13-17-89-41(27-95-49(69)9-5-45(61)62)28-96-50(70)10-6-46(63)64)24-86-14-18-90-42(29-97-51(71)11-7-47(65)66)30-98-52(72)12-8-48(67)68/h35-44H,5-34H2,1-4H3,(H,61,62)(H,63,64)(H,65,66)(H,67,68)(H,73,74)(H,75,76)(H,77,78)(H,79,80). The number of carbonyl (C=O) groups is 16. The van der Waals surface area contributed by atoms with Crippen molar-refractivity contribution in [2.75, 3.05) is 145 Å². The van der Waals surface area contributed by atoms with E-state index < -0.39 is 260 Å². The number of hydrogen-bond acceptors (Lipinski definition) is 34. The number of rotatable bonds is 65. The molecule has 0 aliphatic rings. The first-order chi connectivity index (χ1) is 48.2. The SMILES string of the molecule is CC(C(=O)O)C(=O)OCC(COC(=O)C(C)C(=O)O)OCCOCC(COCCOC(COC(=O)C(C)C(=O)O)COC(=O)C(C)C(=O)O)OCCOC(COCCOC(COC(=O)CCC(=O)O)COC(=O)CCC(=O)O)COCCOC(COC(=O)CCC(=O)O)COC(=O)CCC(=O)O. The van der Waals surface area contributed by atoms with E-state index in [2.05, 4.69) is 0 Å². The van der Waals surface area contributed by atoms with E-state index in [1.807, 2.05) is 0 Å². The van der Waals surface area contributed by atoms with E-state index in [9.17, 15) is 97.1 Å². The molecule has 0 aliphatic heterocycles. The molecule has 42 nitrogen and oxygen atoms in total. The molecule has 8 N–H and O–H groups in total. The van der Waals surface area contributed by atoms with E-state index in [0.717, 1.165) is 27.7 Å². The van der Waals surface area contributed by atoms with Gasteiger partial charge in [-0.2, -0.15) is 0 Å². The van der Waals surface area contributed by atoms with Gasteiger partial charge in [-0.1, -0.05) is 0 Å². The molecule has 0 radical (unpaired) electrons. The van der Waals surface area contributed by atoms with E-state index in [4.69, 9.17) is 106 Å². The Morgan fingerprint density at radius 1 is 0.216 bits per heavy atom. The summed E-state index contributed by atoms with van der Waals surface area (Å²) in [5.41, 5.74) is 0. The number of ether oxygens (including phenoxy) is 18. The molecule has 0 saturated carbocycles. The largest absolute Gasteiger partial charge is 0.481 e. The van der Waals surface area contributed by atoms with Gasteiger partial charge >= 0.3 is 95.5 Å². The molecule has 0 aromatic rings. The molecule has 0 fully saturated rings. The Morgan fingerprint density at radius 3 is 0.539 bits per heavy atom. The second-order valence-corrected chi connectivity index (χ2v) is 21.3. The van der Waals surface area contributed by atoms with Crippen molar-refractivity contribution in [2.24, 2.45) is 23.7 Å². The minimum absolute atomic E-state index is 0.242. The average molecular weight is 1480 g/mol. The molecule has 102 heavy (non-hydrogen) atoms. The first-order valence-corrected chi connectivity index (χ1v) is 31.3. The summed E-state index contributed by atoms with van der Waals surface area (Å²) in [5, 5.41) is 72.6. The second kappa shape index (κ2) is 55.8. The van der Waals surface area contributed by atoms with Gasteiger partial charge in [0, 0.05) is 0 Å². The smallest absolute Gasteiger partial charge is 0.320 e. The minimum Gasteiger partial charge on any atom is -0.481 e. The van der Waals surface area contributed by atoms with Gasteiger partial charge in [-0.15, -0.1) is 0 Å². The van der Waals surface area contributed by atoms with E-state index >= 15 is 0 Å². The van der Waals surface area contributed by atoms with Crippen LogP contribution in [0.3, 0.4) is 0 Å². The predicted molar refractivity (Wildman–Crippen MR) is 324 cm³/mol. The van der Waals surface area contributed by atoms with Gasteiger partial charge in [0.25, 0.3) is 0 Å². The van der Waals surface area contributed by atoms with Crippen molar-refractivity contribution in [3.63, 3.8) is 0 Å². The van der Waals surface area contributed by atoms with Crippen LogP contribution < -0.4 is 0 Å². The van der Waals surface area contributed by atoms with Crippen molar-refractivity contribution >= 4 is 95.5 Å². The quantitative estimate of drug-likeness (QED) is 0.0142. The monoisotopic (exact) mass is 1480 g/mol. The van der Waals surface area contributed by atoms with Gasteiger partial charge in [0.15, 0.2) is 23.7 Å². The molecule has 0 saturated heterocycles. The number of carbonyl (C=O) groups excluding carboxylic acids is 8. The van der Waals surface area contributed by atoms with E-state index in [0.29, 0.717) is 0 Å². The highest BCUT2D eigenvalue weighted by atomic mass is 16.6. The van der Waals surface area contributed by atoms with Crippen LogP contribution in [-0.2, 0) is 162 Å². The van der Waals surface area contributed by atoms with Gasteiger partial charge < -0.3 is 126 Å². The van der Waals surface area contributed by atoms with Crippen LogP contribution in [0.5, 0.6) is 0 Å². The van der Waals surface area contributed by atoms with Crippen LogP contribution in [0.4, 0.5) is 0 Å². The summed E-state index contributed by atoms with van der Waals surface area (Å²) in [6.07, 6.45) is -11.2. The van der Waals surface area contributed by atoms with E-state index in [1.165, 1.54) is 0 Å². The zero-order valence-electron chi connectivity index (χ0n) is 56.4. The Hall–Kier alpha value is -8.88. The molecule has 0 amide bonds. The van der Waals surface area contributed by atoms with Crippen LogP contribution in [0.2, 0.25) is 0 Å². The van der Waals surface area contributed by atoms with E-state index in [-0.39, 0.29) is 92.5 Å². The normalized spacial score (nSPS) is 13.2. The van der Waals surface area contributed by atoms with Gasteiger partial charge in [0.2, 0.25) is 0 Å². The average Bonchev–Trinajstić information content (AvgIpc) is 0.956. The number of hydrogen-bond donors (Lipinski definition) is 8. The summed E-state index contributed by atoms with van der Waals surface area (Å²) in [4.78, 5) is 187. The van der Waals surface area contributed by atoms with Crippen molar-refractivity contribution in [3.8, 4) is 0 Å². The molecule has 0 heterocycles. The molecule has 0 spiro atoms. The minimum atomic E-state index is -1.61. The summed E-state index contributed by atoms with van der Waals surface area (Å²) in [5.74, 6) is -26.1. The van der Waals surface area contributed by atoms with Crippen LogP contribution >= 0.6 is 0 Å². The van der Waals surface area contributed by atoms with Gasteiger partial charge in [-0.05, 0) is 27.7 Å². The van der Waals surface area contributed by atoms with Gasteiger partial charge in [-0.25, -0.2) is 0 Å². The molecular formula is C60H90O42. The highest BCUT2D eigenvalue weighted by Crippen LogP contribution is 2.11. The Labute approximate surface area is 581 Å².